The number of para-hydroxylation sites is 1. The Balaban J connectivity index is 1.60. The molecule has 5 nitrogen and oxygen atoms in total. The molecule has 28 heavy (non-hydrogen) atoms. The molecule has 0 bridgehead atoms. The van der Waals surface area contributed by atoms with Crippen LogP contribution in [0.2, 0.25) is 0 Å². The SMILES string of the molecule is COc1ccc(CNc2nc(Nc3ccc(C)cc3)nc3ccccc23)cc1. The largest absolute Gasteiger partial charge is 0.497 e. The van der Waals surface area contributed by atoms with Crippen molar-refractivity contribution in [3.63, 3.8) is 0 Å². The molecule has 5 heteroatoms. The fourth-order valence-electron chi connectivity index (χ4n) is 2.96. The van der Waals surface area contributed by atoms with E-state index < -0.39 is 0 Å². The van der Waals surface area contributed by atoms with E-state index in [-0.39, 0.29) is 0 Å². The molecular formula is C23H22N4O. The molecule has 0 saturated heterocycles. The minimum absolute atomic E-state index is 0.569. The summed E-state index contributed by atoms with van der Waals surface area (Å²) in [6.45, 7) is 2.73. The number of aryl methyl sites for hydroxylation is 1. The van der Waals surface area contributed by atoms with Crippen LogP contribution in [0, 0.1) is 6.92 Å². The van der Waals surface area contributed by atoms with E-state index in [0.717, 1.165) is 33.7 Å². The third-order valence-electron chi connectivity index (χ3n) is 4.53. The van der Waals surface area contributed by atoms with Gasteiger partial charge in [0.15, 0.2) is 0 Å². The number of aromatic nitrogens is 2. The minimum atomic E-state index is 0.569. The van der Waals surface area contributed by atoms with Crippen molar-refractivity contribution in [2.24, 2.45) is 0 Å². The maximum atomic E-state index is 5.22. The highest BCUT2D eigenvalue weighted by Crippen LogP contribution is 2.24. The van der Waals surface area contributed by atoms with Gasteiger partial charge >= 0.3 is 0 Å². The molecule has 0 atom stereocenters. The van der Waals surface area contributed by atoms with Crippen LogP contribution in [0.15, 0.2) is 72.8 Å². The zero-order valence-corrected chi connectivity index (χ0v) is 15.9. The monoisotopic (exact) mass is 370 g/mol. The van der Waals surface area contributed by atoms with Gasteiger partial charge in [-0.2, -0.15) is 4.98 Å². The van der Waals surface area contributed by atoms with E-state index in [0.29, 0.717) is 12.5 Å². The second-order valence-electron chi connectivity index (χ2n) is 6.61. The number of ether oxygens (including phenoxy) is 1. The summed E-state index contributed by atoms with van der Waals surface area (Å²) in [5.74, 6) is 2.22. The second-order valence-corrected chi connectivity index (χ2v) is 6.61. The molecule has 4 rings (SSSR count). The molecular weight excluding hydrogens is 348 g/mol. The van der Waals surface area contributed by atoms with Crippen molar-refractivity contribution in [2.45, 2.75) is 13.5 Å². The Hall–Kier alpha value is -3.60. The molecule has 4 aromatic rings. The van der Waals surface area contributed by atoms with E-state index in [2.05, 4.69) is 34.7 Å². The standard InChI is InChI=1S/C23H22N4O/c1-16-7-11-18(12-8-16)25-23-26-21-6-4-3-5-20(21)22(27-23)24-15-17-9-13-19(28-2)14-10-17/h3-14H,15H2,1-2H3,(H2,24,25,26,27). The number of methoxy groups -OCH3 is 1. The van der Waals surface area contributed by atoms with Gasteiger partial charge in [-0.3, -0.25) is 0 Å². The van der Waals surface area contributed by atoms with Crippen molar-refractivity contribution < 1.29 is 4.74 Å². The molecule has 0 saturated carbocycles. The van der Waals surface area contributed by atoms with E-state index in [1.165, 1.54) is 5.56 Å². The van der Waals surface area contributed by atoms with Crippen LogP contribution in [0.1, 0.15) is 11.1 Å². The van der Waals surface area contributed by atoms with Gasteiger partial charge in [0.1, 0.15) is 11.6 Å². The third kappa shape index (κ3) is 4.04. The smallest absolute Gasteiger partial charge is 0.229 e. The third-order valence-corrected chi connectivity index (χ3v) is 4.53. The Kier molecular flexibility index (Phi) is 5.06. The Bertz CT molecular complexity index is 1080. The molecule has 0 aliphatic rings. The van der Waals surface area contributed by atoms with Gasteiger partial charge in [-0.1, -0.05) is 42.0 Å². The van der Waals surface area contributed by atoms with Crippen LogP contribution in [-0.4, -0.2) is 17.1 Å². The number of nitrogens with zero attached hydrogens (tertiary/aromatic N) is 2. The normalized spacial score (nSPS) is 10.6. The second kappa shape index (κ2) is 7.96. The van der Waals surface area contributed by atoms with Crippen LogP contribution in [0.3, 0.4) is 0 Å². The molecule has 0 unspecified atom stereocenters. The summed E-state index contributed by atoms with van der Waals surface area (Å²) in [6.07, 6.45) is 0. The Labute approximate surface area is 164 Å². The Morgan fingerprint density at radius 3 is 2.36 bits per heavy atom. The number of hydrogen-bond donors (Lipinski definition) is 2. The lowest BCUT2D eigenvalue weighted by atomic mass is 10.2. The summed E-state index contributed by atoms with van der Waals surface area (Å²) >= 11 is 0. The van der Waals surface area contributed by atoms with Gasteiger partial charge in [0.2, 0.25) is 5.95 Å². The van der Waals surface area contributed by atoms with Gasteiger partial charge in [0.25, 0.3) is 0 Å². The molecule has 1 heterocycles. The highest BCUT2D eigenvalue weighted by atomic mass is 16.5. The van der Waals surface area contributed by atoms with Crippen molar-refractivity contribution >= 4 is 28.4 Å². The van der Waals surface area contributed by atoms with Gasteiger partial charge in [0.05, 0.1) is 12.6 Å². The van der Waals surface area contributed by atoms with Crippen molar-refractivity contribution in [3.05, 3.63) is 83.9 Å². The van der Waals surface area contributed by atoms with Crippen molar-refractivity contribution in [1.82, 2.24) is 9.97 Å². The average molecular weight is 370 g/mol. The lowest BCUT2D eigenvalue weighted by Crippen LogP contribution is -2.05. The van der Waals surface area contributed by atoms with Gasteiger partial charge in [-0.15, -0.1) is 0 Å². The van der Waals surface area contributed by atoms with Gasteiger partial charge < -0.3 is 15.4 Å². The lowest BCUT2D eigenvalue weighted by molar-refractivity contribution is 0.414. The van der Waals surface area contributed by atoms with E-state index >= 15 is 0 Å². The first-order valence-electron chi connectivity index (χ1n) is 9.18. The molecule has 0 radical (unpaired) electrons. The summed E-state index contributed by atoms with van der Waals surface area (Å²) in [5.41, 5.74) is 4.22. The summed E-state index contributed by atoms with van der Waals surface area (Å²) in [4.78, 5) is 9.36. The topological polar surface area (TPSA) is 59.1 Å². The molecule has 0 aliphatic heterocycles. The molecule has 140 valence electrons. The van der Waals surface area contributed by atoms with E-state index in [4.69, 9.17) is 9.72 Å². The average Bonchev–Trinajstić information content (AvgIpc) is 2.74. The molecule has 2 N–H and O–H groups in total. The number of anilines is 3. The number of nitrogens with one attached hydrogen (secondary N) is 2. The van der Waals surface area contributed by atoms with Crippen LogP contribution < -0.4 is 15.4 Å². The highest BCUT2D eigenvalue weighted by Gasteiger charge is 2.08. The number of benzene rings is 3. The summed E-state index contributed by atoms with van der Waals surface area (Å²) in [7, 11) is 1.67. The van der Waals surface area contributed by atoms with E-state index in [1.54, 1.807) is 7.11 Å². The number of fused-ring (bicyclic) bond motifs is 1. The summed E-state index contributed by atoms with van der Waals surface area (Å²) in [5, 5.41) is 7.73. The summed E-state index contributed by atoms with van der Waals surface area (Å²) in [6, 6.07) is 24.2. The molecule has 3 aromatic carbocycles. The van der Waals surface area contributed by atoms with E-state index in [1.807, 2.05) is 60.7 Å². The van der Waals surface area contributed by atoms with Crippen molar-refractivity contribution in [1.29, 1.82) is 0 Å². The highest BCUT2D eigenvalue weighted by molar-refractivity contribution is 5.90. The maximum absolute atomic E-state index is 5.22. The Morgan fingerprint density at radius 1 is 0.857 bits per heavy atom. The van der Waals surface area contributed by atoms with Crippen LogP contribution in [0.4, 0.5) is 17.5 Å². The first kappa shape index (κ1) is 17.8. The van der Waals surface area contributed by atoms with Gasteiger partial charge in [-0.05, 0) is 48.9 Å². The zero-order valence-electron chi connectivity index (χ0n) is 15.9. The maximum Gasteiger partial charge on any atom is 0.229 e. The molecule has 0 amide bonds. The number of hydrogen-bond acceptors (Lipinski definition) is 5. The quantitative estimate of drug-likeness (QED) is 0.482. The summed E-state index contributed by atoms with van der Waals surface area (Å²) < 4.78 is 5.22. The van der Waals surface area contributed by atoms with Crippen molar-refractivity contribution in [2.75, 3.05) is 17.7 Å². The van der Waals surface area contributed by atoms with Crippen LogP contribution in [-0.2, 0) is 6.54 Å². The molecule has 0 spiro atoms. The van der Waals surface area contributed by atoms with Crippen LogP contribution in [0.25, 0.3) is 10.9 Å². The molecule has 1 aromatic heterocycles. The fraction of sp³-hybridized carbons (Fsp3) is 0.130. The zero-order chi connectivity index (χ0) is 19.3. The first-order chi connectivity index (χ1) is 13.7. The Morgan fingerprint density at radius 2 is 1.61 bits per heavy atom. The van der Waals surface area contributed by atoms with Gasteiger partial charge in [0, 0.05) is 17.6 Å². The predicted octanol–water partition coefficient (Wildman–Crippen LogP) is 5.30. The predicted molar refractivity (Wildman–Crippen MR) is 114 cm³/mol. The van der Waals surface area contributed by atoms with Crippen LogP contribution >= 0.6 is 0 Å². The number of rotatable bonds is 6. The van der Waals surface area contributed by atoms with Crippen LogP contribution in [0.5, 0.6) is 5.75 Å². The lowest BCUT2D eigenvalue weighted by Gasteiger charge is -2.12. The molecule has 0 aliphatic carbocycles. The van der Waals surface area contributed by atoms with Crippen molar-refractivity contribution in [3.8, 4) is 5.75 Å². The minimum Gasteiger partial charge on any atom is -0.497 e. The first-order valence-corrected chi connectivity index (χ1v) is 9.18. The fourth-order valence-corrected chi connectivity index (χ4v) is 2.96. The molecule has 0 fully saturated rings. The van der Waals surface area contributed by atoms with Gasteiger partial charge in [-0.25, -0.2) is 4.98 Å². The van der Waals surface area contributed by atoms with E-state index in [9.17, 15) is 0 Å².